The number of carbonyl (C=O) groups is 1. The minimum absolute atomic E-state index is 0.0159. The van der Waals surface area contributed by atoms with Crippen LogP contribution in [0.2, 0.25) is 0 Å². The van der Waals surface area contributed by atoms with Crippen molar-refractivity contribution in [2.24, 2.45) is 0 Å². The van der Waals surface area contributed by atoms with Crippen LogP contribution in [0.5, 0.6) is 0 Å². The first-order valence-electron chi connectivity index (χ1n) is 8.10. The summed E-state index contributed by atoms with van der Waals surface area (Å²) in [7, 11) is -1.28. The largest absolute Gasteiger partial charge is 0.452 e. The number of rotatable bonds is 7. The minimum atomic E-state index is -3.78. The third-order valence-electron chi connectivity index (χ3n) is 3.80. The summed E-state index contributed by atoms with van der Waals surface area (Å²) in [4.78, 5) is 16.8. The molecule has 0 aliphatic rings. The van der Waals surface area contributed by atoms with E-state index in [1.54, 1.807) is 0 Å². The van der Waals surface area contributed by atoms with Crippen molar-refractivity contribution >= 4 is 16.0 Å². The van der Waals surface area contributed by atoms with Crippen LogP contribution in [0.4, 0.5) is 0 Å². The molecule has 0 saturated heterocycles. The van der Waals surface area contributed by atoms with Crippen LogP contribution < -0.4 is 0 Å². The summed E-state index contributed by atoms with van der Waals surface area (Å²) in [5.74, 6) is -0.180. The first-order valence-corrected chi connectivity index (χ1v) is 9.54. The second kappa shape index (κ2) is 8.30. The van der Waals surface area contributed by atoms with Crippen LogP contribution in [-0.4, -0.2) is 43.2 Å². The fraction of sp³-hybridized carbons (Fsp3) is 0.167. The number of aromatic nitrogens is 2. The monoisotopic (exact) mass is 403 g/mol. The van der Waals surface area contributed by atoms with Gasteiger partial charge in [-0.3, -0.25) is 4.84 Å². The minimum Gasteiger partial charge on any atom is -0.452 e. The number of carbonyl (C=O) groups excluding carboxylic acids is 1. The second-order valence-electron chi connectivity index (χ2n) is 5.56. The summed E-state index contributed by atoms with van der Waals surface area (Å²) in [6.45, 7) is -0.203. The van der Waals surface area contributed by atoms with Gasteiger partial charge < -0.3 is 9.15 Å². The van der Waals surface area contributed by atoms with Crippen LogP contribution in [0, 0.1) is 0 Å². The van der Waals surface area contributed by atoms with E-state index in [0.717, 1.165) is 10.0 Å². The standard InChI is InChI=1S/C18H17N3O6S/c1-21(25-2)28(23,24)15-10-8-14(9-11-15)18(22)26-12-16-19-20-17(27-16)13-6-4-3-5-7-13/h3-11H,12H2,1-2H3. The molecule has 0 amide bonds. The summed E-state index contributed by atoms with van der Waals surface area (Å²) in [5.41, 5.74) is 0.937. The normalized spacial score (nSPS) is 11.5. The van der Waals surface area contributed by atoms with Crippen LogP contribution in [-0.2, 0) is 26.2 Å². The van der Waals surface area contributed by atoms with Crippen LogP contribution in [0.15, 0.2) is 63.9 Å². The molecular formula is C18H17N3O6S. The number of benzene rings is 2. The SMILES string of the molecule is CON(C)S(=O)(=O)c1ccc(C(=O)OCc2nnc(-c3ccccc3)o2)cc1. The molecule has 10 heteroatoms. The van der Waals surface area contributed by atoms with Crippen molar-refractivity contribution in [1.29, 1.82) is 0 Å². The Labute approximate surface area is 161 Å². The van der Waals surface area contributed by atoms with Crippen molar-refractivity contribution in [1.82, 2.24) is 14.7 Å². The average molecular weight is 403 g/mol. The van der Waals surface area contributed by atoms with Gasteiger partial charge in [0.25, 0.3) is 15.9 Å². The number of esters is 1. The average Bonchev–Trinajstić information content (AvgIpc) is 3.21. The summed E-state index contributed by atoms with van der Waals surface area (Å²) >= 11 is 0. The van der Waals surface area contributed by atoms with E-state index in [1.807, 2.05) is 30.3 Å². The highest BCUT2D eigenvalue weighted by Gasteiger charge is 2.21. The molecule has 1 heterocycles. The van der Waals surface area contributed by atoms with Crippen LogP contribution >= 0.6 is 0 Å². The van der Waals surface area contributed by atoms with Gasteiger partial charge in [0.05, 0.1) is 17.6 Å². The number of hydrogen-bond donors (Lipinski definition) is 0. The molecule has 0 radical (unpaired) electrons. The molecule has 3 rings (SSSR count). The molecule has 0 spiro atoms. The molecule has 146 valence electrons. The third-order valence-corrected chi connectivity index (χ3v) is 5.49. The number of hydroxylamine groups is 1. The van der Waals surface area contributed by atoms with Crippen molar-refractivity contribution < 1.29 is 27.2 Å². The predicted molar refractivity (Wildman–Crippen MR) is 97.3 cm³/mol. The molecule has 0 unspecified atom stereocenters. The lowest BCUT2D eigenvalue weighted by molar-refractivity contribution is -0.0258. The van der Waals surface area contributed by atoms with Gasteiger partial charge in [0.15, 0.2) is 6.61 Å². The van der Waals surface area contributed by atoms with Gasteiger partial charge in [0.1, 0.15) is 0 Å². The van der Waals surface area contributed by atoms with E-state index in [-0.39, 0.29) is 23.0 Å². The van der Waals surface area contributed by atoms with Gasteiger partial charge >= 0.3 is 5.97 Å². The molecule has 9 nitrogen and oxygen atoms in total. The van der Waals surface area contributed by atoms with Gasteiger partial charge in [-0.1, -0.05) is 22.7 Å². The summed E-state index contributed by atoms with van der Waals surface area (Å²) in [6, 6.07) is 14.5. The Bertz CT molecular complexity index is 1050. The second-order valence-corrected chi connectivity index (χ2v) is 7.50. The molecule has 1 aromatic heterocycles. The highest BCUT2D eigenvalue weighted by molar-refractivity contribution is 7.89. The summed E-state index contributed by atoms with van der Waals surface area (Å²) < 4.78 is 35.6. The molecule has 0 fully saturated rings. The topological polar surface area (TPSA) is 112 Å². The molecule has 2 aromatic carbocycles. The molecule has 3 aromatic rings. The van der Waals surface area contributed by atoms with Crippen molar-refractivity contribution in [2.75, 3.05) is 14.2 Å². The van der Waals surface area contributed by atoms with E-state index in [4.69, 9.17) is 14.0 Å². The van der Waals surface area contributed by atoms with Gasteiger partial charge in [-0.25, -0.2) is 13.2 Å². The van der Waals surface area contributed by atoms with Gasteiger partial charge in [0.2, 0.25) is 5.89 Å². The quantitative estimate of drug-likeness (QED) is 0.436. The Morgan fingerprint density at radius 1 is 1.07 bits per heavy atom. The smallest absolute Gasteiger partial charge is 0.338 e. The molecule has 0 bridgehead atoms. The predicted octanol–water partition coefficient (Wildman–Crippen LogP) is 2.28. The van der Waals surface area contributed by atoms with E-state index >= 15 is 0 Å². The van der Waals surface area contributed by atoms with E-state index in [9.17, 15) is 13.2 Å². The van der Waals surface area contributed by atoms with Crippen molar-refractivity contribution in [3.8, 4) is 11.5 Å². The van der Waals surface area contributed by atoms with Gasteiger partial charge in [-0.15, -0.1) is 10.2 Å². The summed E-state index contributed by atoms with van der Waals surface area (Å²) in [6.07, 6.45) is 0. The number of hydrogen-bond acceptors (Lipinski definition) is 8. The van der Waals surface area contributed by atoms with Gasteiger partial charge in [-0.05, 0) is 36.4 Å². The maximum absolute atomic E-state index is 12.1. The van der Waals surface area contributed by atoms with E-state index in [0.29, 0.717) is 5.89 Å². The van der Waals surface area contributed by atoms with Crippen molar-refractivity contribution in [2.45, 2.75) is 11.5 Å². The van der Waals surface area contributed by atoms with Gasteiger partial charge in [-0.2, -0.15) is 0 Å². The van der Waals surface area contributed by atoms with E-state index in [2.05, 4.69) is 10.2 Å². The maximum Gasteiger partial charge on any atom is 0.338 e. The van der Waals surface area contributed by atoms with Crippen LogP contribution in [0.1, 0.15) is 16.2 Å². The van der Waals surface area contributed by atoms with E-state index < -0.39 is 16.0 Å². The zero-order valence-corrected chi connectivity index (χ0v) is 15.9. The fourth-order valence-electron chi connectivity index (χ4n) is 2.23. The molecule has 0 N–H and O–H groups in total. The lowest BCUT2D eigenvalue weighted by Gasteiger charge is -2.14. The highest BCUT2D eigenvalue weighted by atomic mass is 32.2. The Kier molecular flexibility index (Phi) is 5.83. The molecular weight excluding hydrogens is 386 g/mol. The fourth-order valence-corrected chi connectivity index (χ4v) is 3.20. The van der Waals surface area contributed by atoms with Crippen molar-refractivity contribution in [3.05, 3.63) is 66.1 Å². The van der Waals surface area contributed by atoms with E-state index in [1.165, 1.54) is 38.4 Å². The van der Waals surface area contributed by atoms with Crippen molar-refractivity contribution in [3.63, 3.8) is 0 Å². The lowest BCUT2D eigenvalue weighted by Crippen LogP contribution is -2.25. The number of nitrogens with zero attached hydrogens (tertiary/aromatic N) is 3. The highest BCUT2D eigenvalue weighted by Crippen LogP contribution is 2.18. The first-order chi connectivity index (χ1) is 13.4. The van der Waals surface area contributed by atoms with Gasteiger partial charge in [0, 0.05) is 12.6 Å². The molecule has 0 atom stereocenters. The number of ether oxygens (including phenoxy) is 1. The Morgan fingerprint density at radius 2 is 1.75 bits per heavy atom. The molecule has 0 aliphatic carbocycles. The maximum atomic E-state index is 12.1. The lowest BCUT2D eigenvalue weighted by atomic mass is 10.2. The number of sulfonamides is 1. The zero-order valence-electron chi connectivity index (χ0n) is 15.1. The third kappa shape index (κ3) is 4.25. The summed E-state index contributed by atoms with van der Waals surface area (Å²) in [5, 5.41) is 7.75. The van der Waals surface area contributed by atoms with Crippen LogP contribution in [0.3, 0.4) is 0 Å². The Morgan fingerprint density at radius 3 is 2.39 bits per heavy atom. The molecule has 0 saturated carbocycles. The van der Waals surface area contributed by atoms with Crippen LogP contribution in [0.25, 0.3) is 11.5 Å². The first kappa shape index (κ1) is 19.7. The molecule has 28 heavy (non-hydrogen) atoms. The Balaban J connectivity index is 1.64. The molecule has 0 aliphatic heterocycles. The zero-order chi connectivity index (χ0) is 20.1. The Hall–Kier alpha value is -3.08.